The molecule has 6 heteroatoms. The van der Waals surface area contributed by atoms with Crippen molar-refractivity contribution in [1.29, 1.82) is 0 Å². The quantitative estimate of drug-likeness (QED) is 0.118. The molecule has 0 aliphatic heterocycles. The molecule has 6 nitrogen and oxygen atoms in total. The van der Waals surface area contributed by atoms with E-state index in [1.807, 2.05) is 30.3 Å². The number of methoxy groups -OCH3 is 2. The van der Waals surface area contributed by atoms with E-state index in [2.05, 4.69) is 13.8 Å². The number of esters is 1. The van der Waals surface area contributed by atoms with E-state index in [9.17, 15) is 14.7 Å². The van der Waals surface area contributed by atoms with Gasteiger partial charge in [-0.2, -0.15) is 0 Å². The second-order valence-corrected chi connectivity index (χ2v) is 8.65. The molecule has 3 aromatic rings. The molecule has 1 N–H and O–H groups in total. The monoisotopic (exact) mass is 518 g/mol. The van der Waals surface area contributed by atoms with E-state index in [-0.39, 0.29) is 29.2 Å². The number of carbonyl (C=O) groups is 2. The summed E-state index contributed by atoms with van der Waals surface area (Å²) in [6.45, 7) is 4.22. The van der Waals surface area contributed by atoms with Crippen LogP contribution < -0.4 is 9.47 Å². The summed E-state index contributed by atoms with van der Waals surface area (Å²) in [5.41, 5.74) is 1.77. The third-order valence-corrected chi connectivity index (χ3v) is 5.88. The van der Waals surface area contributed by atoms with Crippen LogP contribution in [-0.4, -0.2) is 37.2 Å². The number of ketones is 1. The van der Waals surface area contributed by atoms with Crippen LogP contribution in [0.2, 0.25) is 0 Å². The number of rotatable bonds is 12. The minimum Gasteiger partial charge on any atom is -0.507 e. The average Bonchev–Trinajstić information content (AvgIpc) is 2.96. The van der Waals surface area contributed by atoms with Crippen LogP contribution in [0.1, 0.15) is 67.4 Å². The maximum atomic E-state index is 12.1. The highest BCUT2D eigenvalue weighted by molar-refractivity contribution is 6.10. The Morgan fingerprint density at radius 3 is 2.11 bits per heavy atom. The summed E-state index contributed by atoms with van der Waals surface area (Å²) < 4.78 is 15.5. The van der Waals surface area contributed by atoms with Gasteiger partial charge in [0.1, 0.15) is 23.4 Å². The van der Waals surface area contributed by atoms with Crippen molar-refractivity contribution in [3.8, 4) is 17.2 Å². The van der Waals surface area contributed by atoms with Gasteiger partial charge in [0.05, 0.1) is 19.8 Å². The molecular weight excluding hydrogens is 480 g/mol. The second-order valence-electron chi connectivity index (χ2n) is 8.65. The predicted molar refractivity (Wildman–Crippen MR) is 151 cm³/mol. The van der Waals surface area contributed by atoms with Gasteiger partial charge in [-0.05, 0) is 55.2 Å². The Morgan fingerprint density at radius 2 is 1.53 bits per heavy atom. The fourth-order valence-electron chi connectivity index (χ4n) is 3.63. The number of aromatic hydroxyl groups is 1. The van der Waals surface area contributed by atoms with E-state index in [1.54, 1.807) is 49.6 Å². The maximum Gasteiger partial charge on any atom is 0.331 e. The summed E-state index contributed by atoms with van der Waals surface area (Å²) in [7, 11) is 3.14. The zero-order valence-electron chi connectivity index (χ0n) is 22.7. The Hall–Kier alpha value is -4.06. The number of carbonyl (C=O) groups excluding carboxylic acids is 2. The van der Waals surface area contributed by atoms with Crippen molar-refractivity contribution in [1.82, 2.24) is 0 Å². The van der Waals surface area contributed by atoms with Crippen LogP contribution in [0, 0.1) is 0 Å². The van der Waals surface area contributed by atoms with Crippen molar-refractivity contribution in [2.24, 2.45) is 0 Å². The summed E-state index contributed by atoms with van der Waals surface area (Å²) in [4.78, 5) is 23.9. The number of hydrogen-bond acceptors (Lipinski definition) is 6. The van der Waals surface area contributed by atoms with Crippen molar-refractivity contribution in [3.05, 3.63) is 95.6 Å². The Bertz CT molecular complexity index is 1150. The maximum absolute atomic E-state index is 12.1. The molecule has 0 spiro atoms. The van der Waals surface area contributed by atoms with Gasteiger partial charge in [0, 0.05) is 17.7 Å². The van der Waals surface area contributed by atoms with Crippen LogP contribution in [0.15, 0.2) is 78.9 Å². The number of phenols is 1. The fraction of sp³-hybridized carbons (Fsp3) is 0.312. The van der Waals surface area contributed by atoms with E-state index >= 15 is 0 Å². The lowest BCUT2D eigenvalue weighted by Crippen LogP contribution is -2.15. The van der Waals surface area contributed by atoms with Crippen LogP contribution >= 0.6 is 0 Å². The molecule has 0 aromatic heterocycles. The lowest BCUT2D eigenvalue weighted by Gasteiger charge is -2.14. The van der Waals surface area contributed by atoms with E-state index in [0.717, 1.165) is 30.6 Å². The second kappa shape index (κ2) is 16.6. The summed E-state index contributed by atoms with van der Waals surface area (Å²) in [5, 5.41) is 9.75. The first-order valence-corrected chi connectivity index (χ1v) is 12.9. The first-order chi connectivity index (χ1) is 18.4. The largest absolute Gasteiger partial charge is 0.507 e. The molecule has 0 aliphatic carbocycles. The molecule has 0 saturated heterocycles. The highest BCUT2D eigenvalue weighted by Crippen LogP contribution is 2.25. The number of phenolic OH excluding ortho intramolecular Hbond substituents is 1. The van der Waals surface area contributed by atoms with Crippen molar-refractivity contribution in [3.63, 3.8) is 0 Å². The molecule has 3 rings (SSSR count). The highest BCUT2D eigenvalue weighted by Gasteiger charge is 2.13. The van der Waals surface area contributed by atoms with Crippen molar-refractivity contribution >= 4 is 17.8 Å². The minimum absolute atomic E-state index is 0.0320. The molecular formula is C32H38O6. The molecule has 202 valence electrons. The van der Waals surface area contributed by atoms with Crippen LogP contribution in [0.5, 0.6) is 17.2 Å². The van der Waals surface area contributed by atoms with Crippen LogP contribution in [-0.2, 0) is 9.53 Å². The fourth-order valence-corrected chi connectivity index (χ4v) is 3.63. The molecule has 0 radical (unpaired) electrons. The summed E-state index contributed by atoms with van der Waals surface area (Å²) in [5.74, 6) is 0.780. The standard InChI is InChI=1S/C18H26O3.C14H12O3/c1-4-6-7-8-16(5-2)21-18(19)14-11-15-9-12-17(20-3)13-10-15;1-17-11-7-8-12(13(15)9-11)14(16)10-5-3-2-4-6-10/h9-14,16H,4-8H2,1-3H3;2-9,15H,1H3. The summed E-state index contributed by atoms with van der Waals surface area (Å²) in [6.07, 6.45) is 8.59. The van der Waals surface area contributed by atoms with E-state index in [1.165, 1.54) is 32.1 Å². The molecule has 0 aliphatic rings. The van der Waals surface area contributed by atoms with Gasteiger partial charge < -0.3 is 19.3 Å². The number of benzene rings is 3. The zero-order valence-corrected chi connectivity index (χ0v) is 22.7. The Balaban J connectivity index is 0.000000272. The molecule has 38 heavy (non-hydrogen) atoms. The van der Waals surface area contributed by atoms with Gasteiger partial charge in [-0.15, -0.1) is 0 Å². The molecule has 1 atom stereocenters. The Labute approximate surface area is 225 Å². The molecule has 0 amide bonds. The summed E-state index contributed by atoms with van der Waals surface area (Å²) in [6, 6.07) is 21.0. The molecule has 0 bridgehead atoms. The normalized spacial score (nSPS) is 11.3. The summed E-state index contributed by atoms with van der Waals surface area (Å²) >= 11 is 0. The van der Waals surface area contributed by atoms with Crippen LogP contribution in [0.3, 0.4) is 0 Å². The van der Waals surface area contributed by atoms with Gasteiger partial charge in [-0.25, -0.2) is 4.79 Å². The third kappa shape index (κ3) is 10.1. The van der Waals surface area contributed by atoms with Gasteiger partial charge in [0.2, 0.25) is 0 Å². The van der Waals surface area contributed by atoms with Crippen LogP contribution in [0.25, 0.3) is 6.08 Å². The number of ether oxygens (including phenoxy) is 3. The molecule has 0 heterocycles. The zero-order chi connectivity index (χ0) is 27.8. The average molecular weight is 519 g/mol. The predicted octanol–water partition coefficient (Wildman–Crippen LogP) is 7.24. The van der Waals surface area contributed by atoms with Crippen molar-refractivity contribution in [2.45, 2.75) is 52.1 Å². The third-order valence-electron chi connectivity index (χ3n) is 5.88. The van der Waals surface area contributed by atoms with Gasteiger partial charge in [0.25, 0.3) is 0 Å². The Kier molecular flexibility index (Phi) is 13.2. The number of unbranched alkanes of at least 4 members (excludes halogenated alkanes) is 2. The van der Waals surface area contributed by atoms with E-state index < -0.39 is 0 Å². The first kappa shape index (κ1) is 30.2. The Morgan fingerprint density at radius 1 is 0.868 bits per heavy atom. The minimum atomic E-state index is -0.269. The SMILES string of the molecule is CCCCCC(CC)OC(=O)C=Cc1ccc(OC)cc1.COc1ccc(C(=O)c2ccccc2)c(O)c1. The topological polar surface area (TPSA) is 82.1 Å². The lowest BCUT2D eigenvalue weighted by atomic mass is 10.0. The van der Waals surface area contributed by atoms with Crippen molar-refractivity contribution in [2.75, 3.05) is 14.2 Å². The van der Waals surface area contributed by atoms with E-state index in [0.29, 0.717) is 11.3 Å². The van der Waals surface area contributed by atoms with Gasteiger partial charge in [-0.3, -0.25) is 4.79 Å². The molecule has 0 saturated carbocycles. The van der Waals surface area contributed by atoms with Gasteiger partial charge in [0.15, 0.2) is 5.78 Å². The van der Waals surface area contributed by atoms with Crippen LogP contribution in [0.4, 0.5) is 0 Å². The molecule has 3 aromatic carbocycles. The van der Waals surface area contributed by atoms with Gasteiger partial charge in [-0.1, -0.05) is 69.2 Å². The lowest BCUT2D eigenvalue weighted by molar-refractivity contribution is -0.143. The highest BCUT2D eigenvalue weighted by atomic mass is 16.5. The van der Waals surface area contributed by atoms with Crippen molar-refractivity contribution < 1.29 is 28.9 Å². The molecule has 0 fully saturated rings. The van der Waals surface area contributed by atoms with E-state index in [4.69, 9.17) is 14.2 Å². The number of hydrogen-bond donors (Lipinski definition) is 1. The smallest absolute Gasteiger partial charge is 0.331 e. The first-order valence-electron chi connectivity index (χ1n) is 12.9. The van der Waals surface area contributed by atoms with Gasteiger partial charge >= 0.3 is 5.97 Å². The molecule has 1 unspecified atom stereocenters.